The molecule has 0 aromatic heterocycles. The van der Waals surface area contributed by atoms with E-state index < -0.39 is 17.6 Å². The smallest absolute Gasteiger partial charge is 0.272 e. The molecule has 156 valence electrons. The van der Waals surface area contributed by atoms with E-state index in [1.54, 1.807) is 48.5 Å². The molecule has 1 aliphatic rings. The number of imide groups is 1. The second-order valence-corrected chi connectivity index (χ2v) is 8.16. The van der Waals surface area contributed by atoms with Gasteiger partial charge >= 0.3 is 0 Å². The van der Waals surface area contributed by atoms with Crippen molar-refractivity contribution in [2.75, 3.05) is 11.5 Å². The first-order valence-corrected chi connectivity index (χ1v) is 10.7. The molecule has 0 bridgehead atoms. The molecule has 0 N–H and O–H groups in total. The van der Waals surface area contributed by atoms with Gasteiger partial charge in [0.15, 0.2) is 0 Å². The number of halogens is 2. The summed E-state index contributed by atoms with van der Waals surface area (Å²) in [5, 5.41) is 0.570. The summed E-state index contributed by atoms with van der Waals surface area (Å²) in [6.45, 7) is 2.32. The molecule has 0 unspecified atom stereocenters. The third kappa shape index (κ3) is 4.36. The summed E-state index contributed by atoms with van der Waals surface area (Å²) in [4.78, 5) is 28.9. The maximum Gasteiger partial charge on any atom is 0.272 e. The van der Waals surface area contributed by atoms with Crippen molar-refractivity contribution in [3.05, 3.63) is 94.1 Å². The fourth-order valence-corrected chi connectivity index (χ4v) is 4.33. The molecule has 0 radical (unpaired) electrons. The van der Waals surface area contributed by atoms with Gasteiger partial charge in [-0.2, -0.15) is 0 Å². The van der Waals surface area contributed by atoms with E-state index in [0.717, 1.165) is 9.80 Å². The summed E-state index contributed by atoms with van der Waals surface area (Å²) in [6, 6.07) is 19.3. The summed E-state index contributed by atoms with van der Waals surface area (Å²) >= 11 is 7.14. The minimum Gasteiger partial charge on any atom is -0.494 e. The van der Waals surface area contributed by atoms with Crippen LogP contribution in [0.25, 0.3) is 5.57 Å². The highest BCUT2D eigenvalue weighted by Gasteiger charge is 2.40. The van der Waals surface area contributed by atoms with E-state index in [2.05, 4.69) is 0 Å². The molecule has 3 aromatic rings. The van der Waals surface area contributed by atoms with Gasteiger partial charge in [-0.1, -0.05) is 41.6 Å². The maximum atomic E-state index is 13.5. The third-order valence-electron chi connectivity index (χ3n) is 4.59. The van der Waals surface area contributed by atoms with Gasteiger partial charge in [-0.3, -0.25) is 9.59 Å². The molecule has 0 atom stereocenters. The molecule has 1 heterocycles. The second kappa shape index (κ2) is 8.96. The summed E-state index contributed by atoms with van der Waals surface area (Å²) in [5.74, 6) is -0.781. The van der Waals surface area contributed by atoms with E-state index in [1.165, 1.54) is 36.0 Å². The zero-order valence-corrected chi connectivity index (χ0v) is 18.0. The van der Waals surface area contributed by atoms with E-state index >= 15 is 0 Å². The van der Waals surface area contributed by atoms with Crippen LogP contribution in [0.2, 0.25) is 5.02 Å². The van der Waals surface area contributed by atoms with Crippen LogP contribution in [-0.2, 0) is 9.59 Å². The Labute approximate surface area is 188 Å². The van der Waals surface area contributed by atoms with Gasteiger partial charge in [0, 0.05) is 16.0 Å². The fourth-order valence-electron chi connectivity index (χ4n) is 3.21. The molecule has 7 heteroatoms. The van der Waals surface area contributed by atoms with Crippen LogP contribution in [0, 0.1) is 5.82 Å². The Morgan fingerprint density at radius 1 is 0.968 bits per heavy atom. The van der Waals surface area contributed by atoms with Crippen molar-refractivity contribution < 1.29 is 18.7 Å². The molecule has 31 heavy (non-hydrogen) atoms. The first-order valence-electron chi connectivity index (χ1n) is 9.53. The average Bonchev–Trinajstić information content (AvgIpc) is 3.00. The van der Waals surface area contributed by atoms with Gasteiger partial charge in [0.1, 0.15) is 11.6 Å². The Kier molecular flexibility index (Phi) is 6.11. The van der Waals surface area contributed by atoms with Crippen molar-refractivity contribution in [1.82, 2.24) is 0 Å². The monoisotopic (exact) mass is 453 g/mol. The highest BCUT2D eigenvalue weighted by molar-refractivity contribution is 8.04. The lowest BCUT2D eigenvalue weighted by Gasteiger charge is -2.16. The number of benzene rings is 3. The topological polar surface area (TPSA) is 46.6 Å². The largest absolute Gasteiger partial charge is 0.494 e. The minimum absolute atomic E-state index is 0.228. The Balaban J connectivity index is 1.79. The number of hydrogen-bond acceptors (Lipinski definition) is 4. The lowest BCUT2D eigenvalue weighted by atomic mass is 10.1. The van der Waals surface area contributed by atoms with Crippen LogP contribution in [-0.4, -0.2) is 18.4 Å². The average molecular weight is 454 g/mol. The number of carbonyl (C=O) groups excluding carboxylic acids is 2. The van der Waals surface area contributed by atoms with E-state index in [0.29, 0.717) is 28.6 Å². The first-order chi connectivity index (χ1) is 15.0. The number of rotatable bonds is 6. The Hall–Kier alpha value is -3.09. The van der Waals surface area contributed by atoms with Crippen molar-refractivity contribution in [3.8, 4) is 5.75 Å². The Bertz CT molecular complexity index is 1180. The Morgan fingerprint density at radius 2 is 1.68 bits per heavy atom. The number of anilines is 1. The van der Waals surface area contributed by atoms with Gasteiger partial charge in [-0.25, -0.2) is 9.29 Å². The zero-order chi connectivity index (χ0) is 22.0. The molecule has 0 saturated carbocycles. The van der Waals surface area contributed by atoms with Crippen LogP contribution in [0.4, 0.5) is 10.1 Å². The normalized spacial score (nSPS) is 13.8. The van der Waals surface area contributed by atoms with Crippen LogP contribution in [0.1, 0.15) is 12.5 Å². The SMILES string of the molecule is CCOc1cccc(N2C(=O)C(Sc3ccc(Cl)cc3)=C(c3ccc(F)cc3)C2=O)c1. The van der Waals surface area contributed by atoms with Gasteiger partial charge < -0.3 is 4.74 Å². The van der Waals surface area contributed by atoms with E-state index in [9.17, 15) is 14.0 Å². The van der Waals surface area contributed by atoms with Crippen molar-refractivity contribution in [2.45, 2.75) is 11.8 Å². The number of ether oxygens (including phenoxy) is 1. The molecule has 4 nitrogen and oxygen atoms in total. The van der Waals surface area contributed by atoms with Crippen LogP contribution in [0.15, 0.2) is 82.6 Å². The summed E-state index contributed by atoms with van der Waals surface area (Å²) in [7, 11) is 0. The first kappa shape index (κ1) is 21.2. The molecule has 1 aliphatic heterocycles. The molecule has 4 rings (SSSR count). The molecule has 0 fully saturated rings. The van der Waals surface area contributed by atoms with E-state index in [4.69, 9.17) is 16.3 Å². The molecular formula is C24H17ClFNO3S. The fraction of sp³-hybridized carbons (Fsp3) is 0.0833. The third-order valence-corrected chi connectivity index (χ3v) is 5.94. The standard InChI is InChI=1S/C24H17ClFNO3S/c1-2-30-19-5-3-4-18(14-19)27-23(28)21(15-6-10-17(26)11-7-15)22(24(27)29)31-20-12-8-16(25)9-13-20/h3-14H,2H2,1H3. The number of carbonyl (C=O) groups is 2. The van der Waals surface area contributed by atoms with Crippen molar-refractivity contribution in [1.29, 1.82) is 0 Å². The Morgan fingerprint density at radius 3 is 2.35 bits per heavy atom. The lowest BCUT2D eigenvalue weighted by molar-refractivity contribution is -0.119. The molecular weight excluding hydrogens is 437 g/mol. The minimum atomic E-state index is -0.471. The van der Waals surface area contributed by atoms with E-state index in [1.807, 2.05) is 6.92 Å². The maximum absolute atomic E-state index is 13.5. The van der Waals surface area contributed by atoms with Crippen LogP contribution >= 0.6 is 23.4 Å². The van der Waals surface area contributed by atoms with Crippen LogP contribution < -0.4 is 9.64 Å². The van der Waals surface area contributed by atoms with Gasteiger partial charge in [-0.15, -0.1) is 0 Å². The summed E-state index contributed by atoms with van der Waals surface area (Å²) in [5.41, 5.74) is 1.11. The summed E-state index contributed by atoms with van der Waals surface area (Å²) < 4.78 is 19.0. The van der Waals surface area contributed by atoms with Crippen molar-refractivity contribution >= 4 is 46.4 Å². The number of hydrogen-bond donors (Lipinski definition) is 0. The van der Waals surface area contributed by atoms with Crippen molar-refractivity contribution in [3.63, 3.8) is 0 Å². The molecule has 2 amide bonds. The molecule has 0 aliphatic carbocycles. The van der Waals surface area contributed by atoms with Gasteiger partial charge in [-0.05, 0) is 61.0 Å². The summed E-state index contributed by atoms with van der Waals surface area (Å²) in [6.07, 6.45) is 0. The highest BCUT2D eigenvalue weighted by Crippen LogP contribution is 2.42. The predicted molar refractivity (Wildman–Crippen MR) is 121 cm³/mol. The zero-order valence-electron chi connectivity index (χ0n) is 16.5. The quantitative estimate of drug-likeness (QED) is 0.432. The molecule has 0 saturated heterocycles. The van der Waals surface area contributed by atoms with Gasteiger partial charge in [0.25, 0.3) is 11.8 Å². The van der Waals surface area contributed by atoms with Crippen LogP contribution in [0.5, 0.6) is 5.75 Å². The van der Waals surface area contributed by atoms with E-state index in [-0.39, 0.29) is 10.5 Å². The lowest BCUT2D eigenvalue weighted by Crippen LogP contribution is -2.31. The van der Waals surface area contributed by atoms with Crippen LogP contribution in [0.3, 0.4) is 0 Å². The number of thioether (sulfide) groups is 1. The highest BCUT2D eigenvalue weighted by atomic mass is 35.5. The van der Waals surface area contributed by atoms with Gasteiger partial charge in [0.2, 0.25) is 0 Å². The number of nitrogens with zero attached hydrogens (tertiary/aromatic N) is 1. The predicted octanol–water partition coefficient (Wildman–Crippen LogP) is 5.95. The number of amides is 2. The molecule has 0 spiro atoms. The second-order valence-electron chi connectivity index (χ2n) is 6.64. The molecule has 3 aromatic carbocycles. The van der Waals surface area contributed by atoms with Gasteiger partial charge in [0.05, 0.1) is 22.8 Å². The van der Waals surface area contributed by atoms with Crippen molar-refractivity contribution in [2.24, 2.45) is 0 Å².